The normalized spacial score (nSPS) is 24.7. The van der Waals surface area contributed by atoms with Gasteiger partial charge in [0.15, 0.2) is 6.23 Å². The van der Waals surface area contributed by atoms with E-state index in [9.17, 15) is 9.59 Å². The maximum absolute atomic E-state index is 12.1. The van der Waals surface area contributed by atoms with E-state index in [1.807, 2.05) is 30.4 Å². The van der Waals surface area contributed by atoms with Crippen molar-refractivity contribution in [3.63, 3.8) is 0 Å². The van der Waals surface area contributed by atoms with E-state index in [1.54, 1.807) is 0 Å². The van der Waals surface area contributed by atoms with Gasteiger partial charge in [-0.25, -0.2) is 18.8 Å². The Balaban J connectivity index is 2.35. The van der Waals surface area contributed by atoms with Crippen LogP contribution in [0.25, 0.3) is 0 Å². The molecule has 6 heteroatoms. The van der Waals surface area contributed by atoms with Gasteiger partial charge in [-0.15, -0.1) is 0 Å². The van der Waals surface area contributed by atoms with Crippen molar-refractivity contribution in [1.29, 1.82) is 0 Å². The Morgan fingerprint density at radius 1 is 1.11 bits per heavy atom. The van der Waals surface area contributed by atoms with Crippen LogP contribution in [0.5, 0.6) is 0 Å². The zero-order valence-electron chi connectivity index (χ0n) is 10.1. The molecule has 6 nitrogen and oxygen atoms in total. The number of nitrogens with zero attached hydrogens (tertiary/aromatic N) is 3. The third-order valence-electron chi connectivity index (χ3n) is 3.34. The Morgan fingerprint density at radius 2 is 1.83 bits per heavy atom. The van der Waals surface area contributed by atoms with E-state index < -0.39 is 6.23 Å². The molecule has 0 aromatic carbocycles. The van der Waals surface area contributed by atoms with E-state index in [0.717, 1.165) is 10.1 Å². The van der Waals surface area contributed by atoms with Crippen LogP contribution in [-0.2, 0) is 11.8 Å². The monoisotopic (exact) mass is 247 g/mol. The molecule has 0 N–H and O–H groups in total. The Bertz CT molecular complexity index is 699. The number of rotatable bonds is 1. The van der Waals surface area contributed by atoms with Gasteiger partial charge in [0.05, 0.1) is 6.04 Å². The average Bonchev–Trinajstić information content (AvgIpc) is 2.66. The molecular weight excluding hydrogens is 234 g/mol. The van der Waals surface area contributed by atoms with Crippen LogP contribution >= 0.6 is 0 Å². The highest BCUT2D eigenvalue weighted by Crippen LogP contribution is 2.35. The molecule has 1 aromatic rings. The van der Waals surface area contributed by atoms with E-state index in [1.165, 1.54) is 23.5 Å². The summed E-state index contributed by atoms with van der Waals surface area (Å²) in [6.45, 7) is 0. The highest BCUT2D eigenvalue weighted by Gasteiger charge is 2.38. The zero-order valence-corrected chi connectivity index (χ0v) is 10.1. The lowest BCUT2D eigenvalue weighted by Crippen LogP contribution is -2.29. The number of hydrogen-bond acceptors (Lipinski definition) is 3. The lowest BCUT2D eigenvalue weighted by atomic mass is 10.1. The molecular formula is C12H13N3O3. The highest BCUT2D eigenvalue weighted by atomic mass is 16.5. The predicted octanol–water partition coefficient (Wildman–Crippen LogP) is 0.101. The molecule has 1 aliphatic carbocycles. The van der Waals surface area contributed by atoms with Crippen LogP contribution in [0, 0.1) is 0 Å². The topological polar surface area (TPSA) is 58.2 Å². The standard InChI is InChI=1S/C12H13N3O3/c1-13-11(16)14-9-7-5-3-4-6-8(9)10(18-2)15(14)12(13)17/h3-7,9-10H,1-2H3/t9-,10-/m0/s1. The van der Waals surface area contributed by atoms with Crippen molar-refractivity contribution in [3.05, 3.63) is 56.9 Å². The number of fused-ring (bicyclic) bond motifs is 3. The quantitative estimate of drug-likeness (QED) is 0.707. The predicted molar refractivity (Wildman–Crippen MR) is 65.4 cm³/mol. The minimum atomic E-state index is -0.524. The van der Waals surface area contributed by atoms with Gasteiger partial charge in [0, 0.05) is 19.7 Å². The molecule has 2 heterocycles. The van der Waals surface area contributed by atoms with Gasteiger partial charge in [-0.3, -0.25) is 0 Å². The molecule has 0 saturated carbocycles. The average molecular weight is 247 g/mol. The molecule has 0 spiro atoms. The highest BCUT2D eigenvalue weighted by molar-refractivity contribution is 5.32. The summed E-state index contributed by atoms with van der Waals surface area (Å²) in [6, 6.07) is -0.258. The molecule has 2 aliphatic rings. The molecule has 0 bridgehead atoms. The Morgan fingerprint density at radius 3 is 2.56 bits per heavy atom. The van der Waals surface area contributed by atoms with Crippen LogP contribution in [0.15, 0.2) is 45.5 Å². The first-order valence-corrected chi connectivity index (χ1v) is 5.64. The van der Waals surface area contributed by atoms with E-state index >= 15 is 0 Å². The van der Waals surface area contributed by atoms with Crippen molar-refractivity contribution < 1.29 is 4.74 Å². The van der Waals surface area contributed by atoms with Crippen molar-refractivity contribution in [3.8, 4) is 0 Å². The zero-order chi connectivity index (χ0) is 12.9. The molecule has 1 aliphatic heterocycles. The second-order valence-corrected chi connectivity index (χ2v) is 4.28. The van der Waals surface area contributed by atoms with Crippen LogP contribution < -0.4 is 11.4 Å². The number of hydrogen-bond donors (Lipinski definition) is 0. The molecule has 0 radical (unpaired) electrons. The summed E-state index contributed by atoms with van der Waals surface area (Å²) in [4.78, 5) is 24.1. The fourth-order valence-corrected chi connectivity index (χ4v) is 2.48. The van der Waals surface area contributed by atoms with E-state index in [0.29, 0.717) is 0 Å². The van der Waals surface area contributed by atoms with Crippen LogP contribution in [0.3, 0.4) is 0 Å². The third kappa shape index (κ3) is 1.20. The molecule has 1 aromatic heterocycles. The number of methoxy groups -OCH3 is 1. The Hall–Kier alpha value is -2.08. The Kier molecular flexibility index (Phi) is 2.27. The maximum Gasteiger partial charge on any atom is 0.349 e. The van der Waals surface area contributed by atoms with Gasteiger partial charge in [-0.05, 0) is 0 Å². The number of allylic oxidation sites excluding steroid dienone is 5. The number of aromatic nitrogens is 3. The fraction of sp³-hybridized carbons (Fsp3) is 0.333. The molecule has 0 fully saturated rings. The summed E-state index contributed by atoms with van der Waals surface area (Å²) < 4.78 is 9.26. The van der Waals surface area contributed by atoms with Gasteiger partial charge in [0.1, 0.15) is 0 Å². The second-order valence-electron chi connectivity index (χ2n) is 4.28. The van der Waals surface area contributed by atoms with E-state index in [4.69, 9.17) is 4.74 Å². The first-order valence-electron chi connectivity index (χ1n) is 5.64. The molecule has 0 unspecified atom stereocenters. The van der Waals surface area contributed by atoms with Crippen LogP contribution in [0.2, 0.25) is 0 Å². The molecule has 18 heavy (non-hydrogen) atoms. The third-order valence-corrected chi connectivity index (χ3v) is 3.34. The van der Waals surface area contributed by atoms with E-state index in [2.05, 4.69) is 0 Å². The summed E-state index contributed by atoms with van der Waals surface area (Å²) in [6.07, 6.45) is 8.86. The molecule has 0 amide bonds. The minimum Gasteiger partial charge on any atom is -0.355 e. The molecule has 2 atom stereocenters. The first-order chi connectivity index (χ1) is 8.66. The van der Waals surface area contributed by atoms with Crippen LogP contribution in [0.1, 0.15) is 12.3 Å². The van der Waals surface area contributed by atoms with Crippen molar-refractivity contribution >= 4 is 0 Å². The van der Waals surface area contributed by atoms with Gasteiger partial charge in [-0.1, -0.05) is 30.4 Å². The summed E-state index contributed by atoms with van der Waals surface area (Å²) in [5, 5.41) is 0. The smallest absolute Gasteiger partial charge is 0.349 e. The van der Waals surface area contributed by atoms with Gasteiger partial charge < -0.3 is 4.74 Å². The Labute approximate surface area is 103 Å². The lowest BCUT2D eigenvalue weighted by Gasteiger charge is -2.11. The van der Waals surface area contributed by atoms with Crippen molar-refractivity contribution in [2.75, 3.05) is 7.11 Å². The summed E-state index contributed by atoms with van der Waals surface area (Å²) in [7, 11) is 3.00. The summed E-state index contributed by atoms with van der Waals surface area (Å²) >= 11 is 0. The van der Waals surface area contributed by atoms with Crippen molar-refractivity contribution in [2.45, 2.75) is 12.3 Å². The fourth-order valence-electron chi connectivity index (χ4n) is 2.48. The van der Waals surface area contributed by atoms with Crippen molar-refractivity contribution in [1.82, 2.24) is 13.9 Å². The van der Waals surface area contributed by atoms with Gasteiger partial charge in [-0.2, -0.15) is 4.68 Å². The molecule has 94 valence electrons. The first kappa shape index (κ1) is 11.0. The number of ether oxygens (including phenoxy) is 1. The maximum atomic E-state index is 12.1. The SMILES string of the molecule is CO[C@H]1C2=CC=CC=C[C@@H]2n2c(=O)n(C)c(=O)n21. The minimum absolute atomic E-state index is 0.258. The molecule has 3 rings (SSSR count). The van der Waals surface area contributed by atoms with Gasteiger partial charge in [0.2, 0.25) is 0 Å². The van der Waals surface area contributed by atoms with Crippen molar-refractivity contribution in [2.24, 2.45) is 7.05 Å². The lowest BCUT2D eigenvalue weighted by molar-refractivity contribution is 0.0706. The van der Waals surface area contributed by atoms with E-state index in [-0.39, 0.29) is 17.4 Å². The second kappa shape index (κ2) is 3.71. The molecule has 0 saturated heterocycles. The largest absolute Gasteiger partial charge is 0.355 e. The van der Waals surface area contributed by atoms with Gasteiger partial charge in [0.25, 0.3) is 0 Å². The van der Waals surface area contributed by atoms with Crippen LogP contribution in [0.4, 0.5) is 0 Å². The van der Waals surface area contributed by atoms with Crippen LogP contribution in [-0.4, -0.2) is 21.0 Å². The van der Waals surface area contributed by atoms with Gasteiger partial charge >= 0.3 is 11.4 Å². The summed E-state index contributed by atoms with van der Waals surface area (Å²) in [5.41, 5.74) is 0.192. The summed E-state index contributed by atoms with van der Waals surface area (Å²) in [5.74, 6) is 0.